The molecule has 0 fully saturated rings. The van der Waals surface area contributed by atoms with Crippen LogP contribution in [0.3, 0.4) is 0 Å². The van der Waals surface area contributed by atoms with Gasteiger partial charge in [-0.25, -0.2) is 9.78 Å². The molecule has 0 spiro atoms. The summed E-state index contributed by atoms with van der Waals surface area (Å²) in [5.41, 5.74) is 5.49. The number of ether oxygens (including phenoxy) is 2. The van der Waals surface area contributed by atoms with Gasteiger partial charge in [-0.15, -0.1) is 0 Å². The Labute approximate surface area is 163 Å². The zero-order chi connectivity index (χ0) is 20.3. The molecule has 2 aromatic heterocycles. The molecular formula is C21H20N4O3. The Morgan fingerprint density at radius 3 is 2.61 bits per heavy atom. The van der Waals surface area contributed by atoms with Crippen molar-refractivity contribution >= 4 is 5.97 Å². The van der Waals surface area contributed by atoms with E-state index in [2.05, 4.69) is 20.9 Å². The third kappa shape index (κ3) is 3.58. The first-order valence-electron chi connectivity index (χ1n) is 8.64. The second-order valence-corrected chi connectivity index (χ2v) is 6.27. The highest BCUT2D eigenvalue weighted by molar-refractivity contribution is 5.87. The van der Waals surface area contributed by atoms with Crippen molar-refractivity contribution in [3.05, 3.63) is 64.7 Å². The first-order valence-corrected chi connectivity index (χ1v) is 8.64. The number of benzene rings is 1. The van der Waals surface area contributed by atoms with E-state index in [0.717, 1.165) is 28.1 Å². The smallest absolute Gasteiger partial charge is 0.356 e. The third-order valence-corrected chi connectivity index (χ3v) is 4.54. The summed E-state index contributed by atoms with van der Waals surface area (Å²) >= 11 is 0. The van der Waals surface area contributed by atoms with E-state index >= 15 is 0 Å². The van der Waals surface area contributed by atoms with Crippen molar-refractivity contribution in [2.75, 3.05) is 14.2 Å². The van der Waals surface area contributed by atoms with E-state index in [0.29, 0.717) is 17.9 Å². The molecule has 0 atom stereocenters. The lowest BCUT2D eigenvalue weighted by Crippen LogP contribution is -2.07. The van der Waals surface area contributed by atoms with Gasteiger partial charge in [-0.1, -0.05) is 12.1 Å². The van der Waals surface area contributed by atoms with Gasteiger partial charge in [0, 0.05) is 17.5 Å². The molecule has 0 amide bonds. The Morgan fingerprint density at radius 1 is 1.21 bits per heavy atom. The monoisotopic (exact) mass is 376 g/mol. The second-order valence-electron chi connectivity index (χ2n) is 6.27. The summed E-state index contributed by atoms with van der Waals surface area (Å²) in [5.74, 6) is 0.0730. The number of methoxy groups -OCH3 is 2. The van der Waals surface area contributed by atoms with E-state index in [-0.39, 0.29) is 5.69 Å². The molecule has 0 radical (unpaired) electrons. The van der Waals surface area contributed by atoms with E-state index in [1.54, 1.807) is 25.4 Å². The van der Waals surface area contributed by atoms with Crippen molar-refractivity contribution in [2.24, 2.45) is 0 Å². The van der Waals surface area contributed by atoms with Crippen LogP contribution in [0, 0.1) is 25.2 Å². The lowest BCUT2D eigenvalue weighted by Gasteiger charge is -2.08. The van der Waals surface area contributed by atoms with Gasteiger partial charge in [0.2, 0.25) is 0 Å². The number of nitriles is 1. The summed E-state index contributed by atoms with van der Waals surface area (Å²) in [6.07, 6.45) is 1.65. The maximum atomic E-state index is 11.5. The van der Waals surface area contributed by atoms with E-state index in [1.165, 1.54) is 7.11 Å². The molecule has 0 aliphatic rings. The number of hydrogen-bond acceptors (Lipinski definition) is 6. The fourth-order valence-corrected chi connectivity index (χ4v) is 3.12. The standard InChI is InChI=1S/C21H20N4O3/c1-13-20(16-6-7-17(10-22)19(9-16)27-3)14(2)25(24-13)12-15-5-8-18(23-11-15)21(26)28-4/h5-9,11H,12H2,1-4H3. The first-order chi connectivity index (χ1) is 13.5. The van der Waals surface area contributed by atoms with Crippen LogP contribution in [0.1, 0.15) is 33.0 Å². The van der Waals surface area contributed by atoms with Gasteiger partial charge in [0.15, 0.2) is 0 Å². The zero-order valence-electron chi connectivity index (χ0n) is 16.2. The lowest BCUT2D eigenvalue weighted by molar-refractivity contribution is 0.0594. The van der Waals surface area contributed by atoms with E-state index < -0.39 is 5.97 Å². The average molecular weight is 376 g/mol. The van der Waals surface area contributed by atoms with Crippen molar-refractivity contribution < 1.29 is 14.3 Å². The van der Waals surface area contributed by atoms with Gasteiger partial charge in [-0.3, -0.25) is 4.68 Å². The molecule has 1 aromatic carbocycles. The Morgan fingerprint density at radius 2 is 2.00 bits per heavy atom. The molecule has 0 aliphatic carbocycles. The van der Waals surface area contributed by atoms with Crippen molar-refractivity contribution in [1.82, 2.24) is 14.8 Å². The molecule has 3 rings (SSSR count). The van der Waals surface area contributed by atoms with Crippen LogP contribution in [0.5, 0.6) is 5.75 Å². The Balaban J connectivity index is 1.92. The molecule has 28 heavy (non-hydrogen) atoms. The number of pyridine rings is 1. The van der Waals surface area contributed by atoms with Gasteiger partial charge in [0.25, 0.3) is 0 Å². The maximum absolute atomic E-state index is 11.5. The Bertz CT molecular complexity index is 1060. The van der Waals surface area contributed by atoms with Gasteiger partial charge in [-0.2, -0.15) is 10.4 Å². The normalized spacial score (nSPS) is 10.4. The van der Waals surface area contributed by atoms with E-state index in [9.17, 15) is 10.1 Å². The maximum Gasteiger partial charge on any atom is 0.356 e. The van der Waals surface area contributed by atoms with Crippen LogP contribution in [-0.2, 0) is 11.3 Å². The van der Waals surface area contributed by atoms with Crippen molar-refractivity contribution in [2.45, 2.75) is 20.4 Å². The second kappa shape index (κ2) is 7.92. The van der Waals surface area contributed by atoms with E-state index in [1.807, 2.05) is 36.7 Å². The number of aromatic nitrogens is 3. The van der Waals surface area contributed by atoms with Crippen molar-refractivity contribution in [3.63, 3.8) is 0 Å². The summed E-state index contributed by atoms with van der Waals surface area (Å²) in [4.78, 5) is 15.6. The molecule has 0 saturated carbocycles. The molecule has 2 heterocycles. The molecule has 3 aromatic rings. The van der Waals surface area contributed by atoms with Gasteiger partial charge in [-0.05, 0) is 43.2 Å². The molecule has 0 bridgehead atoms. The lowest BCUT2D eigenvalue weighted by atomic mass is 10.0. The summed E-state index contributed by atoms with van der Waals surface area (Å²) in [6.45, 7) is 4.47. The van der Waals surface area contributed by atoms with Crippen LogP contribution in [-0.4, -0.2) is 35.0 Å². The van der Waals surface area contributed by atoms with Crippen molar-refractivity contribution in [3.8, 4) is 22.9 Å². The summed E-state index contributed by atoms with van der Waals surface area (Å²) < 4.78 is 11.9. The van der Waals surface area contributed by atoms with Crippen LogP contribution in [0.4, 0.5) is 0 Å². The summed E-state index contributed by atoms with van der Waals surface area (Å²) in [5, 5.41) is 13.8. The zero-order valence-corrected chi connectivity index (χ0v) is 16.2. The van der Waals surface area contributed by atoms with Gasteiger partial charge in [0.1, 0.15) is 17.5 Å². The minimum absolute atomic E-state index is 0.269. The minimum atomic E-state index is -0.463. The Hall–Kier alpha value is -3.66. The summed E-state index contributed by atoms with van der Waals surface area (Å²) in [6, 6.07) is 11.1. The predicted octanol–water partition coefficient (Wildman–Crippen LogP) is 3.28. The van der Waals surface area contributed by atoms with Crippen LogP contribution in [0.25, 0.3) is 11.1 Å². The summed E-state index contributed by atoms with van der Waals surface area (Å²) in [7, 11) is 2.88. The molecule has 7 nitrogen and oxygen atoms in total. The van der Waals surface area contributed by atoms with Gasteiger partial charge < -0.3 is 9.47 Å². The molecule has 142 valence electrons. The number of hydrogen-bond donors (Lipinski definition) is 0. The number of esters is 1. The first kappa shape index (κ1) is 19.1. The average Bonchev–Trinajstić information content (AvgIpc) is 3.00. The number of rotatable bonds is 5. The highest BCUT2D eigenvalue weighted by Gasteiger charge is 2.16. The fraction of sp³-hybridized carbons (Fsp3) is 0.238. The quantitative estimate of drug-likeness (QED) is 0.635. The van der Waals surface area contributed by atoms with E-state index in [4.69, 9.17) is 4.74 Å². The SMILES string of the molecule is COC(=O)c1ccc(Cn2nc(C)c(-c3ccc(C#N)c(OC)c3)c2C)cn1. The molecule has 0 saturated heterocycles. The third-order valence-electron chi connectivity index (χ3n) is 4.54. The topological polar surface area (TPSA) is 90.0 Å². The predicted molar refractivity (Wildman–Crippen MR) is 103 cm³/mol. The highest BCUT2D eigenvalue weighted by atomic mass is 16.5. The van der Waals surface area contributed by atoms with Crippen LogP contribution in [0.2, 0.25) is 0 Å². The van der Waals surface area contributed by atoms with Crippen LogP contribution >= 0.6 is 0 Å². The Kier molecular flexibility index (Phi) is 5.41. The van der Waals surface area contributed by atoms with Gasteiger partial charge >= 0.3 is 5.97 Å². The van der Waals surface area contributed by atoms with Crippen LogP contribution < -0.4 is 4.74 Å². The van der Waals surface area contributed by atoms with Crippen LogP contribution in [0.15, 0.2) is 36.5 Å². The molecule has 0 N–H and O–H groups in total. The largest absolute Gasteiger partial charge is 0.495 e. The highest BCUT2D eigenvalue weighted by Crippen LogP contribution is 2.31. The van der Waals surface area contributed by atoms with Crippen molar-refractivity contribution in [1.29, 1.82) is 5.26 Å². The minimum Gasteiger partial charge on any atom is -0.495 e. The number of aryl methyl sites for hydroxylation is 1. The van der Waals surface area contributed by atoms with Gasteiger partial charge in [0.05, 0.1) is 32.0 Å². The number of carbonyl (C=O) groups excluding carboxylic acids is 1. The molecule has 0 unspecified atom stereocenters. The molecule has 7 heteroatoms. The number of carbonyl (C=O) groups is 1. The fourth-order valence-electron chi connectivity index (χ4n) is 3.12. The number of nitrogens with zero attached hydrogens (tertiary/aromatic N) is 4. The molecule has 0 aliphatic heterocycles. The molecular weight excluding hydrogens is 356 g/mol.